The van der Waals surface area contributed by atoms with Crippen LogP contribution >= 0.6 is 0 Å². The van der Waals surface area contributed by atoms with Gasteiger partial charge in [-0.2, -0.15) is 0 Å². The second kappa shape index (κ2) is 7.58. The van der Waals surface area contributed by atoms with E-state index in [2.05, 4.69) is 22.4 Å². The van der Waals surface area contributed by atoms with Gasteiger partial charge >= 0.3 is 0 Å². The maximum atomic E-state index is 11.9. The number of aromatic nitrogens is 1. The molecular weight excluding hydrogens is 260 g/mol. The van der Waals surface area contributed by atoms with Gasteiger partial charge in [-0.05, 0) is 23.6 Å². The molecule has 0 saturated carbocycles. The van der Waals surface area contributed by atoms with Crippen molar-refractivity contribution in [2.24, 2.45) is 5.92 Å². The quantitative estimate of drug-likeness (QED) is 0.882. The van der Waals surface area contributed by atoms with E-state index < -0.39 is 0 Å². The van der Waals surface area contributed by atoms with E-state index in [9.17, 15) is 4.79 Å². The number of benzene rings is 1. The van der Waals surface area contributed by atoms with Gasteiger partial charge in [0.15, 0.2) is 0 Å². The lowest BCUT2D eigenvalue weighted by molar-refractivity contribution is -0.121. The molecule has 1 heterocycles. The predicted octanol–water partition coefficient (Wildman–Crippen LogP) is 3.38. The predicted molar refractivity (Wildman–Crippen MR) is 85.0 cm³/mol. The van der Waals surface area contributed by atoms with Crippen LogP contribution in [0.25, 0.3) is 0 Å². The summed E-state index contributed by atoms with van der Waals surface area (Å²) >= 11 is 0. The first kappa shape index (κ1) is 15.2. The van der Waals surface area contributed by atoms with Gasteiger partial charge in [0, 0.05) is 30.8 Å². The average Bonchev–Trinajstić information content (AvgIpc) is 2.49. The molecule has 0 aliphatic carbocycles. The standard InChI is InChI=1S/C18H22N2O/c1-14(2)12-18(21)20-13-16(15-8-4-3-5-9-15)17-10-6-7-11-19-17/h3-11,14,16H,12-13H2,1-2H3,(H,20,21). The molecule has 0 aliphatic rings. The summed E-state index contributed by atoms with van der Waals surface area (Å²) in [6.07, 6.45) is 2.35. The van der Waals surface area contributed by atoms with Gasteiger partial charge in [-0.1, -0.05) is 50.2 Å². The minimum atomic E-state index is 0.0866. The molecular formula is C18H22N2O. The number of amides is 1. The Hall–Kier alpha value is -2.16. The third-order valence-corrected chi connectivity index (χ3v) is 3.34. The molecule has 0 aliphatic heterocycles. The first-order valence-corrected chi connectivity index (χ1v) is 7.39. The number of nitrogens with zero attached hydrogens (tertiary/aromatic N) is 1. The van der Waals surface area contributed by atoms with Crippen LogP contribution in [0.5, 0.6) is 0 Å². The molecule has 0 saturated heterocycles. The number of carbonyl (C=O) groups is 1. The topological polar surface area (TPSA) is 42.0 Å². The van der Waals surface area contributed by atoms with Crippen molar-refractivity contribution in [3.8, 4) is 0 Å². The molecule has 0 bridgehead atoms. The van der Waals surface area contributed by atoms with Crippen molar-refractivity contribution in [1.29, 1.82) is 0 Å². The maximum absolute atomic E-state index is 11.9. The van der Waals surface area contributed by atoms with Gasteiger partial charge in [0.25, 0.3) is 0 Å². The fraction of sp³-hybridized carbons (Fsp3) is 0.333. The van der Waals surface area contributed by atoms with Crippen molar-refractivity contribution >= 4 is 5.91 Å². The Morgan fingerprint density at radius 2 is 1.81 bits per heavy atom. The summed E-state index contributed by atoms with van der Waals surface area (Å²) in [5, 5.41) is 3.03. The number of hydrogen-bond acceptors (Lipinski definition) is 2. The Bertz CT molecular complexity index is 512. The summed E-state index contributed by atoms with van der Waals surface area (Å²) in [6.45, 7) is 4.67. The van der Waals surface area contributed by atoms with Crippen molar-refractivity contribution < 1.29 is 4.79 Å². The lowest BCUT2D eigenvalue weighted by atomic mass is 9.95. The Morgan fingerprint density at radius 3 is 2.43 bits per heavy atom. The number of carbonyl (C=O) groups excluding carboxylic acids is 1. The van der Waals surface area contributed by atoms with Crippen molar-refractivity contribution in [3.63, 3.8) is 0 Å². The molecule has 2 rings (SSSR count). The molecule has 3 heteroatoms. The van der Waals surface area contributed by atoms with E-state index in [4.69, 9.17) is 0 Å². The van der Waals surface area contributed by atoms with Crippen molar-refractivity contribution in [2.75, 3.05) is 6.54 Å². The van der Waals surface area contributed by atoms with E-state index in [1.165, 1.54) is 5.56 Å². The fourth-order valence-electron chi connectivity index (χ4n) is 2.32. The third-order valence-electron chi connectivity index (χ3n) is 3.34. The van der Waals surface area contributed by atoms with Gasteiger partial charge in [0.2, 0.25) is 5.91 Å². The molecule has 1 aromatic carbocycles. The van der Waals surface area contributed by atoms with Crippen LogP contribution in [0.1, 0.15) is 37.4 Å². The van der Waals surface area contributed by atoms with Gasteiger partial charge in [-0.15, -0.1) is 0 Å². The lowest BCUT2D eigenvalue weighted by Gasteiger charge is -2.18. The zero-order valence-corrected chi connectivity index (χ0v) is 12.6. The number of rotatable bonds is 6. The number of hydrogen-bond donors (Lipinski definition) is 1. The SMILES string of the molecule is CC(C)CC(=O)NCC(c1ccccc1)c1ccccn1. The molecule has 1 aromatic heterocycles. The highest BCUT2D eigenvalue weighted by Crippen LogP contribution is 2.22. The summed E-state index contributed by atoms with van der Waals surface area (Å²) in [6, 6.07) is 16.1. The monoisotopic (exact) mass is 282 g/mol. The van der Waals surface area contributed by atoms with Gasteiger partial charge in [-0.25, -0.2) is 0 Å². The minimum absolute atomic E-state index is 0.0866. The van der Waals surface area contributed by atoms with Crippen LogP contribution in [0.15, 0.2) is 54.7 Å². The first-order chi connectivity index (χ1) is 10.2. The second-order valence-electron chi connectivity index (χ2n) is 5.62. The van der Waals surface area contributed by atoms with Gasteiger partial charge in [-0.3, -0.25) is 9.78 Å². The fourth-order valence-corrected chi connectivity index (χ4v) is 2.32. The molecule has 2 aromatic rings. The first-order valence-electron chi connectivity index (χ1n) is 7.39. The van der Waals surface area contributed by atoms with Crippen LogP contribution < -0.4 is 5.32 Å². The zero-order valence-electron chi connectivity index (χ0n) is 12.6. The average molecular weight is 282 g/mol. The molecule has 1 unspecified atom stereocenters. The molecule has 0 spiro atoms. The molecule has 0 fully saturated rings. The summed E-state index contributed by atoms with van der Waals surface area (Å²) in [7, 11) is 0. The molecule has 1 N–H and O–H groups in total. The van der Waals surface area contributed by atoms with E-state index in [1.54, 1.807) is 6.20 Å². The van der Waals surface area contributed by atoms with Crippen molar-refractivity contribution in [1.82, 2.24) is 10.3 Å². The lowest BCUT2D eigenvalue weighted by Crippen LogP contribution is -2.29. The highest BCUT2D eigenvalue weighted by molar-refractivity contribution is 5.76. The highest BCUT2D eigenvalue weighted by atomic mass is 16.1. The summed E-state index contributed by atoms with van der Waals surface area (Å²) in [5.41, 5.74) is 2.15. The Balaban J connectivity index is 2.12. The second-order valence-corrected chi connectivity index (χ2v) is 5.62. The summed E-state index contributed by atoms with van der Waals surface area (Å²) < 4.78 is 0. The normalized spacial score (nSPS) is 12.1. The summed E-state index contributed by atoms with van der Waals surface area (Å²) in [5.74, 6) is 0.556. The van der Waals surface area contributed by atoms with Crippen LogP contribution in [0.2, 0.25) is 0 Å². The van der Waals surface area contributed by atoms with E-state index in [0.717, 1.165) is 5.69 Å². The van der Waals surface area contributed by atoms with Crippen LogP contribution in [-0.2, 0) is 4.79 Å². The molecule has 0 radical (unpaired) electrons. The largest absolute Gasteiger partial charge is 0.355 e. The Labute approximate surface area is 126 Å². The summed E-state index contributed by atoms with van der Waals surface area (Å²) in [4.78, 5) is 16.3. The molecule has 1 amide bonds. The van der Waals surface area contributed by atoms with E-state index in [1.807, 2.05) is 50.2 Å². The van der Waals surface area contributed by atoms with E-state index in [0.29, 0.717) is 18.9 Å². The smallest absolute Gasteiger partial charge is 0.220 e. The maximum Gasteiger partial charge on any atom is 0.220 e. The van der Waals surface area contributed by atoms with Gasteiger partial charge in [0.1, 0.15) is 0 Å². The van der Waals surface area contributed by atoms with Crippen LogP contribution in [0.3, 0.4) is 0 Å². The van der Waals surface area contributed by atoms with Crippen LogP contribution in [-0.4, -0.2) is 17.4 Å². The Kier molecular flexibility index (Phi) is 5.50. The molecule has 110 valence electrons. The third kappa shape index (κ3) is 4.71. The molecule has 3 nitrogen and oxygen atoms in total. The minimum Gasteiger partial charge on any atom is -0.355 e. The Morgan fingerprint density at radius 1 is 1.10 bits per heavy atom. The van der Waals surface area contributed by atoms with Crippen molar-refractivity contribution in [3.05, 3.63) is 66.0 Å². The van der Waals surface area contributed by atoms with Crippen molar-refractivity contribution in [2.45, 2.75) is 26.2 Å². The highest BCUT2D eigenvalue weighted by Gasteiger charge is 2.16. The number of nitrogens with one attached hydrogen (secondary N) is 1. The number of pyridine rings is 1. The molecule has 21 heavy (non-hydrogen) atoms. The van der Waals surface area contributed by atoms with Gasteiger partial charge < -0.3 is 5.32 Å². The van der Waals surface area contributed by atoms with E-state index in [-0.39, 0.29) is 11.8 Å². The molecule has 1 atom stereocenters. The van der Waals surface area contributed by atoms with E-state index >= 15 is 0 Å². The van der Waals surface area contributed by atoms with Crippen LogP contribution in [0.4, 0.5) is 0 Å². The van der Waals surface area contributed by atoms with Crippen LogP contribution in [0, 0.1) is 5.92 Å². The van der Waals surface area contributed by atoms with Gasteiger partial charge in [0.05, 0.1) is 0 Å². The zero-order chi connectivity index (χ0) is 15.1.